The van der Waals surface area contributed by atoms with Crippen molar-refractivity contribution in [2.24, 2.45) is 0 Å². The Kier molecular flexibility index (Phi) is 2.12. The van der Waals surface area contributed by atoms with Gasteiger partial charge in [-0.25, -0.2) is 13.2 Å². The summed E-state index contributed by atoms with van der Waals surface area (Å²) in [6, 6.07) is 0. The third kappa shape index (κ3) is 2.48. The fourth-order valence-corrected chi connectivity index (χ4v) is 0.0668. The average Bonchev–Trinajstić information content (AvgIpc) is 1.68. The third-order valence-corrected chi connectivity index (χ3v) is 0.561. The van der Waals surface area contributed by atoms with Crippen molar-refractivity contribution in [1.82, 2.24) is 0 Å². The molecule has 7 heavy (non-hydrogen) atoms. The molecule has 0 heterocycles. The molecule has 0 rings (SSSR count). The Morgan fingerprint density at radius 2 is 1.86 bits per heavy atom. The summed E-state index contributed by atoms with van der Waals surface area (Å²) >= 11 is 0. The Morgan fingerprint density at radius 1 is 1.43 bits per heavy atom. The lowest BCUT2D eigenvalue weighted by Gasteiger charge is -2.05. The second-order valence-electron chi connectivity index (χ2n) is 1.24. The van der Waals surface area contributed by atoms with E-state index in [2.05, 4.69) is 6.92 Å². The minimum absolute atomic E-state index is 0.663. The van der Waals surface area contributed by atoms with Gasteiger partial charge >= 0.3 is 0 Å². The lowest BCUT2D eigenvalue weighted by molar-refractivity contribution is -0.0197. The SMILES string of the molecule is [CH2]CC(F)(F)CF. The molecule has 0 amide bonds. The molecule has 0 saturated carbocycles. The minimum atomic E-state index is -3.19. The molecule has 0 unspecified atom stereocenters. The quantitative estimate of drug-likeness (QED) is 0.509. The van der Waals surface area contributed by atoms with E-state index in [0.29, 0.717) is 0 Å². The lowest BCUT2D eigenvalue weighted by Crippen LogP contribution is -2.16. The van der Waals surface area contributed by atoms with Gasteiger partial charge < -0.3 is 0 Å². The van der Waals surface area contributed by atoms with Gasteiger partial charge in [0.25, 0.3) is 5.92 Å². The van der Waals surface area contributed by atoms with Gasteiger partial charge in [-0.2, -0.15) is 0 Å². The molecule has 3 heteroatoms. The first kappa shape index (κ1) is 6.79. The zero-order valence-electron chi connectivity index (χ0n) is 3.76. The predicted octanol–water partition coefficient (Wildman–Crippen LogP) is 1.82. The highest BCUT2D eigenvalue weighted by atomic mass is 19.3. The Labute approximate surface area is 40.3 Å². The van der Waals surface area contributed by atoms with Crippen LogP contribution in [0.25, 0.3) is 0 Å². The summed E-state index contributed by atoms with van der Waals surface area (Å²) < 4.78 is 33.9. The lowest BCUT2D eigenvalue weighted by atomic mass is 10.3. The van der Waals surface area contributed by atoms with Crippen LogP contribution in [0.15, 0.2) is 0 Å². The summed E-state index contributed by atoms with van der Waals surface area (Å²) in [5.74, 6) is -3.19. The van der Waals surface area contributed by atoms with Gasteiger partial charge in [0.05, 0.1) is 0 Å². The third-order valence-electron chi connectivity index (χ3n) is 0.561. The van der Waals surface area contributed by atoms with Gasteiger partial charge in [0.2, 0.25) is 0 Å². The Hall–Kier alpha value is -0.210. The summed E-state index contributed by atoms with van der Waals surface area (Å²) in [5, 5.41) is 0. The van der Waals surface area contributed by atoms with Crippen LogP contribution in [0.2, 0.25) is 0 Å². The Morgan fingerprint density at radius 3 is 1.86 bits per heavy atom. The minimum Gasteiger partial charge on any atom is -0.244 e. The molecule has 0 aromatic rings. The van der Waals surface area contributed by atoms with Crippen LogP contribution in [0.4, 0.5) is 13.2 Å². The van der Waals surface area contributed by atoms with Gasteiger partial charge in [-0.15, -0.1) is 0 Å². The summed E-state index contributed by atoms with van der Waals surface area (Å²) in [4.78, 5) is 0. The maximum atomic E-state index is 11.4. The van der Waals surface area contributed by atoms with Crippen LogP contribution in [-0.2, 0) is 0 Å². The van der Waals surface area contributed by atoms with Crippen molar-refractivity contribution in [3.8, 4) is 0 Å². The van der Waals surface area contributed by atoms with Crippen molar-refractivity contribution < 1.29 is 13.2 Å². The Balaban J connectivity index is 3.36. The fourth-order valence-electron chi connectivity index (χ4n) is 0.0668. The van der Waals surface area contributed by atoms with Crippen molar-refractivity contribution >= 4 is 0 Å². The molecule has 1 radical (unpaired) electrons. The van der Waals surface area contributed by atoms with Gasteiger partial charge in [0, 0.05) is 6.42 Å². The van der Waals surface area contributed by atoms with E-state index in [1.807, 2.05) is 0 Å². The molecule has 0 aromatic carbocycles. The summed E-state index contributed by atoms with van der Waals surface area (Å²) in [6.45, 7) is 1.24. The second-order valence-corrected chi connectivity index (χ2v) is 1.24. The summed E-state index contributed by atoms with van der Waals surface area (Å²) in [7, 11) is 0. The fraction of sp³-hybridized carbons (Fsp3) is 0.750. The zero-order valence-corrected chi connectivity index (χ0v) is 3.76. The molecule has 0 N–H and O–H groups in total. The van der Waals surface area contributed by atoms with Crippen LogP contribution in [0.5, 0.6) is 0 Å². The topological polar surface area (TPSA) is 0 Å². The average molecular weight is 111 g/mol. The van der Waals surface area contributed by atoms with Crippen LogP contribution >= 0.6 is 0 Å². The second kappa shape index (κ2) is 2.19. The number of alkyl halides is 3. The van der Waals surface area contributed by atoms with Crippen molar-refractivity contribution in [3.05, 3.63) is 6.92 Å². The van der Waals surface area contributed by atoms with E-state index in [1.54, 1.807) is 0 Å². The van der Waals surface area contributed by atoms with E-state index in [-0.39, 0.29) is 0 Å². The van der Waals surface area contributed by atoms with Crippen molar-refractivity contribution in [2.45, 2.75) is 12.3 Å². The molecular formula is C4H6F3. The Bertz CT molecular complexity index is 44.9. The van der Waals surface area contributed by atoms with Crippen molar-refractivity contribution in [2.75, 3.05) is 6.67 Å². The zero-order chi connectivity index (χ0) is 5.91. The van der Waals surface area contributed by atoms with Gasteiger partial charge in [-0.1, -0.05) is 0 Å². The number of rotatable bonds is 2. The van der Waals surface area contributed by atoms with Crippen molar-refractivity contribution in [1.29, 1.82) is 0 Å². The standard InChI is InChI=1S/C4H6F3/c1-2-4(6,7)3-5/h1-3H2. The highest BCUT2D eigenvalue weighted by molar-refractivity contribution is 4.64. The van der Waals surface area contributed by atoms with Gasteiger partial charge in [-0.3, -0.25) is 0 Å². The smallest absolute Gasteiger partial charge is 0.244 e. The van der Waals surface area contributed by atoms with Crippen LogP contribution in [0, 0.1) is 6.92 Å². The molecule has 0 fully saturated rings. The van der Waals surface area contributed by atoms with Crippen LogP contribution in [-0.4, -0.2) is 12.6 Å². The molecule has 0 atom stereocenters. The normalized spacial score (nSPS) is 12.0. The first-order valence-electron chi connectivity index (χ1n) is 1.85. The van der Waals surface area contributed by atoms with E-state index in [0.717, 1.165) is 0 Å². The summed E-state index contributed by atoms with van der Waals surface area (Å²) in [5.41, 5.74) is 0. The van der Waals surface area contributed by atoms with E-state index in [9.17, 15) is 13.2 Å². The van der Waals surface area contributed by atoms with E-state index in [1.165, 1.54) is 0 Å². The van der Waals surface area contributed by atoms with Gasteiger partial charge in [-0.05, 0) is 6.92 Å². The molecule has 0 aliphatic heterocycles. The summed E-state index contributed by atoms with van der Waals surface area (Å²) in [6.07, 6.45) is -0.663. The predicted molar refractivity (Wildman–Crippen MR) is 20.9 cm³/mol. The molecule has 0 aromatic heterocycles. The maximum Gasteiger partial charge on any atom is 0.275 e. The number of halogens is 3. The molecule has 0 saturated heterocycles. The first-order chi connectivity index (χ1) is 3.12. The molecule has 0 bridgehead atoms. The van der Waals surface area contributed by atoms with Crippen LogP contribution < -0.4 is 0 Å². The van der Waals surface area contributed by atoms with E-state index < -0.39 is 19.0 Å². The molecule has 0 aliphatic rings. The van der Waals surface area contributed by atoms with E-state index in [4.69, 9.17) is 0 Å². The highest BCUT2D eigenvalue weighted by Crippen LogP contribution is 2.16. The van der Waals surface area contributed by atoms with Crippen molar-refractivity contribution in [3.63, 3.8) is 0 Å². The molecule has 43 valence electrons. The van der Waals surface area contributed by atoms with Gasteiger partial charge in [0.15, 0.2) is 6.67 Å². The largest absolute Gasteiger partial charge is 0.275 e. The highest BCUT2D eigenvalue weighted by Gasteiger charge is 2.25. The van der Waals surface area contributed by atoms with E-state index >= 15 is 0 Å². The molecule has 0 nitrogen and oxygen atoms in total. The molecular weight excluding hydrogens is 105 g/mol. The van der Waals surface area contributed by atoms with Gasteiger partial charge in [0.1, 0.15) is 0 Å². The monoisotopic (exact) mass is 111 g/mol. The maximum absolute atomic E-state index is 11.4. The van der Waals surface area contributed by atoms with Crippen LogP contribution in [0.1, 0.15) is 6.42 Å². The molecule has 0 spiro atoms. The first-order valence-corrected chi connectivity index (χ1v) is 1.85. The molecule has 0 aliphatic carbocycles. The van der Waals surface area contributed by atoms with Crippen LogP contribution in [0.3, 0.4) is 0 Å². The number of hydrogen-bond acceptors (Lipinski definition) is 0. The number of hydrogen-bond donors (Lipinski definition) is 0.